The van der Waals surface area contributed by atoms with Crippen molar-refractivity contribution < 1.29 is 9.59 Å². The van der Waals surface area contributed by atoms with Gasteiger partial charge in [0.15, 0.2) is 0 Å². The van der Waals surface area contributed by atoms with Crippen molar-refractivity contribution in [2.24, 2.45) is 0 Å². The Morgan fingerprint density at radius 3 is 2.52 bits per heavy atom. The number of halogens is 1. The molecule has 2 fully saturated rings. The number of nitrogens with zero attached hydrogens (tertiary/aromatic N) is 4. The Hall–Kier alpha value is -2.44. The van der Waals surface area contributed by atoms with Gasteiger partial charge >= 0.3 is 0 Å². The average Bonchev–Trinajstić information content (AvgIpc) is 2.99. The van der Waals surface area contributed by atoms with E-state index in [4.69, 9.17) is 11.6 Å². The van der Waals surface area contributed by atoms with Crippen LogP contribution in [-0.4, -0.2) is 53.9 Å². The summed E-state index contributed by atoms with van der Waals surface area (Å²) in [5.74, 6) is 0.616. The van der Waals surface area contributed by atoms with Crippen molar-refractivity contribution in [3.8, 4) is 0 Å². The molecule has 1 atom stereocenters. The maximum absolute atomic E-state index is 13.0. The molecule has 3 heterocycles. The van der Waals surface area contributed by atoms with E-state index in [9.17, 15) is 9.59 Å². The highest BCUT2D eigenvalue weighted by molar-refractivity contribution is 6.32. The zero-order valence-electron chi connectivity index (χ0n) is 15.1. The van der Waals surface area contributed by atoms with Crippen LogP contribution in [0, 0.1) is 6.92 Å². The fourth-order valence-corrected chi connectivity index (χ4v) is 3.87. The van der Waals surface area contributed by atoms with E-state index in [1.54, 1.807) is 18.3 Å². The summed E-state index contributed by atoms with van der Waals surface area (Å²) in [6, 6.07) is 10.8. The highest BCUT2D eigenvalue weighted by atomic mass is 35.5. The molecule has 27 heavy (non-hydrogen) atoms. The number of hydrogen-bond donors (Lipinski definition) is 0. The lowest BCUT2D eigenvalue weighted by molar-refractivity contribution is -0.123. The van der Waals surface area contributed by atoms with Gasteiger partial charge in [-0.2, -0.15) is 0 Å². The number of carbonyl (C=O) groups excluding carboxylic acids is 2. The molecule has 0 radical (unpaired) electrons. The number of pyridine rings is 1. The van der Waals surface area contributed by atoms with Gasteiger partial charge in [0.05, 0.1) is 18.2 Å². The van der Waals surface area contributed by atoms with Crippen LogP contribution in [0.4, 0.5) is 11.5 Å². The number of anilines is 2. The van der Waals surface area contributed by atoms with Crippen LogP contribution in [0.5, 0.6) is 0 Å². The standard InChI is InChI=1S/C20H21ClN4O2/c1-14-5-6-15(12-16(14)21)25-19(26)13-17(20(25)27)23-8-10-24(11-9-23)18-4-2-3-7-22-18/h2-7,12,17H,8-11,13H2,1H3/t17-/m1/s1. The van der Waals surface area contributed by atoms with E-state index < -0.39 is 6.04 Å². The maximum atomic E-state index is 13.0. The summed E-state index contributed by atoms with van der Waals surface area (Å²) in [5, 5.41) is 0.556. The molecule has 0 spiro atoms. The second-order valence-corrected chi connectivity index (χ2v) is 7.34. The van der Waals surface area contributed by atoms with Crippen LogP contribution in [0.25, 0.3) is 0 Å². The number of benzene rings is 1. The zero-order chi connectivity index (χ0) is 19.0. The van der Waals surface area contributed by atoms with Crippen LogP contribution in [0.2, 0.25) is 5.02 Å². The van der Waals surface area contributed by atoms with Gasteiger partial charge in [0.1, 0.15) is 5.82 Å². The first-order valence-electron chi connectivity index (χ1n) is 9.07. The molecule has 4 rings (SSSR count). The molecule has 0 aliphatic carbocycles. The van der Waals surface area contributed by atoms with Gasteiger partial charge in [0.25, 0.3) is 5.91 Å². The largest absolute Gasteiger partial charge is 0.354 e. The first-order chi connectivity index (χ1) is 13.0. The number of aryl methyl sites for hydroxylation is 1. The molecular weight excluding hydrogens is 364 g/mol. The lowest BCUT2D eigenvalue weighted by Crippen LogP contribution is -2.52. The minimum Gasteiger partial charge on any atom is -0.354 e. The van der Waals surface area contributed by atoms with Gasteiger partial charge in [-0.25, -0.2) is 9.88 Å². The predicted octanol–water partition coefficient (Wildman–Crippen LogP) is 2.50. The van der Waals surface area contributed by atoms with E-state index in [1.165, 1.54) is 4.90 Å². The molecule has 0 bridgehead atoms. The first-order valence-corrected chi connectivity index (χ1v) is 9.45. The summed E-state index contributed by atoms with van der Waals surface area (Å²) in [7, 11) is 0. The minimum atomic E-state index is -0.400. The Kier molecular flexibility index (Phi) is 4.85. The van der Waals surface area contributed by atoms with E-state index in [0.29, 0.717) is 10.7 Å². The van der Waals surface area contributed by atoms with Crippen LogP contribution < -0.4 is 9.80 Å². The molecule has 2 saturated heterocycles. The van der Waals surface area contributed by atoms with Crippen molar-refractivity contribution in [3.63, 3.8) is 0 Å². The summed E-state index contributed by atoms with van der Waals surface area (Å²) in [5.41, 5.74) is 1.47. The number of piperazine rings is 1. The average molecular weight is 385 g/mol. The molecule has 0 N–H and O–H groups in total. The Morgan fingerprint density at radius 1 is 1.07 bits per heavy atom. The van der Waals surface area contributed by atoms with E-state index in [0.717, 1.165) is 37.6 Å². The molecule has 1 aromatic carbocycles. The molecular formula is C20H21ClN4O2. The first kappa shape index (κ1) is 17.9. The molecule has 2 aliphatic rings. The topological polar surface area (TPSA) is 56.8 Å². The van der Waals surface area contributed by atoms with Crippen LogP contribution >= 0.6 is 11.6 Å². The molecule has 2 aromatic rings. The smallest absolute Gasteiger partial charge is 0.251 e. The molecule has 0 saturated carbocycles. The summed E-state index contributed by atoms with van der Waals surface area (Å²) in [6.45, 7) is 4.91. The van der Waals surface area contributed by atoms with Gasteiger partial charge < -0.3 is 4.90 Å². The molecule has 0 unspecified atom stereocenters. The van der Waals surface area contributed by atoms with E-state index in [2.05, 4.69) is 14.8 Å². The quantitative estimate of drug-likeness (QED) is 0.761. The fraction of sp³-hybridized carbons (Fsp3) is 0.350. The lowest BCUT2D eigenvalue weighted by atomic mass is 10.1. The molecule has 1 aromatic heterocycles. The Bertz CT molecular complexity index is 866. The summed E-state index contributed by atoms with van der Waals surface area (Å²) >= 11 is 6.18. The van der Waals surface area contributed by atoms with Gasteiger partial charge in [-0.05, 0) is 36.8 Å². The van der Waals surface area contributed by atoms with E-state index in [1.807, 2.05) is 31.2 Å². The number of amides is 2. The van der Waals surface area contributed by atoms with Gasteiger partial charge in [-0.1, -0.05) is 23.7 Å². The molecule has 140 valence electrons. The van der Waals surface area contributed by atoms with Crippen molar-refractivity contribution in [1.82, 2.24) is 9.88 Å². The fourth-order valence-electron chi connectivity index (χ4n) is 3.70. The van der Waals surface area contributed by atoms with Crippen molar-refractivity contribution in [2.45, 2.75) is 19.4 Å². The van der Waals surface area contributed by atoms with E-state index in [-0.39, 0.29) is 18.2 Å². The van der Waals surface area contributed by atoms with Crippen LogP contribution in [-0.2, 0) is 9.59 Å². The van der Waals surface area contributed by atoms with Gasteiger partial charge in [-0.3, -0.25) is 14.5 Å². The monoisotopic (exact) mass is 384 g/mol. The van der Waals surface area contributed by atoms with Gasteiger partial charge in [0.2, 0.25) is 5.91 Å². The summed E-state index contributed by atoms with van der Waals surface area (Å²) < 4.78 is 0. The van der Waals surface area contributed by atoms with Crippen molar-refractivity contribution in [2.75, 3.05) is 36.0 Å². The SMILES string of the molecule is Cc1ccc(N2C(=O)C[C@@H](N3CCN(c4ccccn4)CC3)C2=O)cc1Cl. The third kappa shape index (κ3) is 3.42. The third-order valence-corrected chi connectivity index (χ3v) is 5.67. The number of rotatable bonds is 3. The van der Waals surface area contributed by atoms with Gasteiger partial charge in [-0.15, -0.1) is 0 Å². The molecule has 7 heteroatoms. The van der Waals surface area contributed by atoms with Gasteiger partial charge in [0, 0.05) is 37.4 Å². The number of carbonyl (C=O) groups is 2. The summed E-state index contributed by atoms with van der Waals surface area (Å²) in [4.78, 5) is 35.5. The second-order valence-electron chi connectivity index (χ2n) is 6.93. The molecule has 6 nitrogen and oxygen atoms in total. The lowest BCUT2D eigenvalue weighted by Gasteiger charge is -2.37. The molecule has 2 amide bonds. The zero-order valence-corrected chi connectivity index (χ0v) is 15.9. The van der Waals surface area contributed by atoms with E-state index >= 15 is 0 Å². The number of aromatic nitrogens is 1. The second kappa shape index (κ2) is 7.29. The van der Waals surface area contributed by atoms with Crippen molar-refractivity contribution in [1.29, 1.82) is 0 Å². The molecule has 2 aliphatic heterocycles. The Balaban J connectivity index is 1.45. The predicted molar refractivity (Wildman–Crippen MR) is 105 cm³/mol. The number of hydrogen-bond acceptors (Lipinski definition) is 5. The van der Waals surface area contributed by atoms with Crippen molar-refractivity contribution in [3.05, 3.63) is 53.2 Å². The summed E-state index contributed by atoms with van der Waals surface area (Å²) in [6.07, 6.45) is 2.00. The Labute approximate surface area is 163 Å². The Morgan fingerprint density at radius 2 is 1.85 bits per heavy atom. The van der Waals surface area contributed by atoms with Crippen LogP contribution in [0.15, 0.2) is 42.6 Å². The minimum absolute atomic E-state index is 0.161. The van der Waals surface area contributed by atoms with Crippen molar-refractivity contribution >= 4 is 34.9 Å². The highest BCUT2D eigenvalue weighted by Crippen LogP contribution is 2.29. The number of imide groups is 1. The maximum Gasteiger partial charge on any atom is 0.251 e. The normalized spacial score (nSPS) is 21.2. The van der Waals surface area contributed by atoms with Crippen LogP contribution in [0.3, 0.4) is 0 Å². The van der Waals surface area contributed by atoms with Crippen LogP contribution in [0.1, 0.15) is 12.0 Å². The highest BCUT2D eigenvalue weighted by Gasteiger charge is 2.43. The third-order valence-electron chi connectivity index (χ3n) is 5.26.